The average Bonchev–Trinajstić information content (AvgIpc) is 2.40. The predicted molar refractivity (Wildman–Crippen MR) is 81.6 cm³/mol. The van der Waals surface area contributed by atoms with E-state index in [1.54, 1.807) is 11.8 Å². The van der Waals surface area contributed by atoms with Crippen LogP contribution in [0.5, 0.6) is 0 Å². The highest BCUT2D eigenvalue weighted by molar-refractivity contribution is 7.98. The summed E-state index contributed by atoms with van der Waals surface area (Å²) in [6.45, 7) is 3.47. The number of rotatable bonds is 5. The lowest BCUT2D eigenvalue weighted by Gasteiger charge is -2.27. The minimum absolute atomic E-state index is 0.528. The van der Waals surface area contributed by atoms with Gasteiger partial charge in [-0.2, -0.15) is 0 Å². The lowest BCUT2D eigenvalue weighted by atomic mass is 9.99. The van der Waals surface area contributed by atoms with Gasteiger partial charge >= 0.3 is 0 Å². The second kappa shape index (κ2) is 7.05. The van der Waals surface area contributed by atoms with Crippen LogP contribution in [0.3, 0.4) is 0 Å². The van der Waals surface area contributed by atoms with Gasteiger partial charge in [-0.05, 0) is 63.3 Å². The summed E-state index contributed by atoms with van der Waals surface area (Å²) in [5, 5.41) is 7.20. The maximum atomic E-state index is 3.61. The summed E-state index contributed by atoms with van der Waals surface area (Å²) >= 11 is 1.79. The molecule has 2 atom stereocenters. The molecule has 1 heterocycles. The highest BCUT2D eigenvalue weighted by atomic mass is 32.2. The summed E-state index contributed by atoms with van der Waals surface area (Å²) in [5.74, 6) is 0. The van der Waals surface area contributed by atoms with E-state index in [1.807, 2.05) is 0 Å². The second-order valence-electron chi connectivity index (χ2n) is 5.16. The van der Waals surface area contributed by atoms with Crippen LogP contribution in [0.1, 0.15) is 32.6 Å². The normalized spacial score (nSPS) is 21.6. The molecule has 0 bridgehead atoms. The highest BCUT2D eigenvalue weighted by Gasteiger charge is 2.15. The molecule has 2 N–H and O–H groups in total. The molecule has 3 heteroatoms. The average molecular weight is 264 g/mol. The van der Waals surface area contributed by atoms with Crippen molar-refractivity contribution >= 4 is 17.4 Å². The van der Waals surface area contributed by atoms with Gasteiger partial charge in [0.05, 0.1) is 0 Å². The van der Waals surface area contributed by atoms with Crippen LogP contribution < -0.4 is 10.6 Å². The van der Waals surface area contributed by atoms with Gasteiger partial charge < -0.3 is 10.6 Å². The summed E-state index contributed by atoms with van der Waals surface area (Å²) in [7, 11) is 0. The first-order chi connectivity index (χ1) is 8.78. The smallest absolute Gasteiger partial charge is 0.0343 e. The Labute approximate surface area is 115 Å². The van der Waals surface area contributed by atoms with Crippen LogP contribution in [0, 0.1) is 0 Å². The van der Waals surface area contributed by atoms with Crippen molar-refractivity contribution in [2.24, 2.45) is 0 Å². The van der Waals surface area contributed by atoms with E-state index in [-0.39, 0.29) is 0 Å². The van der Waals surface area contributed by atoms with E-state index in [2.05, 4.69) is 48.1 Å². The van der Waals surface area contributed by atoms with Crippen molar-refractivity contribution in [3.05, 3.63) is 24.3 Å². The molecule has 1 saturated heterocycles. The number of piperidine rings is 1. The Balaban J connectivity index is 1.80. The second-order valence-corrected chi connectivity index (χ2v) is 6.04. The molecule has 0 aliphatic carbocycles. The third kappa shape index (κ3) is 4.21. The predicted octanol–water partition coefficient (Wildman–Crippen LogP) is 3.74. The first-order valence-electron chi connectivity index (χ1n) is 6.92. The molecule has 1 aliphatic rings. The fourth-order valence-electron chi connectivity index (χ4n) is 2.58. The Morgan fingerprint density at radius 1 is 1.33 bits per heavy atom. The van der Waals surface area contributed by atoms with Crippen LogP contribution in [-0.2, 0) is 0 Å². The molecule has 2 nitrogen and oxygen atoms in total. The van der Waals surface area contributed by atoms with Crippen molar-refractivity contribution < 1.29 is 0 Å². The maximum Gasteiger partial charge on any atom is 0.0343 e. The van der Waals surface area contributed by atoms with Crippen molar-refractivity contribution in [3.63, 3.8) is 0 Å². The first-order valence-corrected chi connectivity index (χ1v) is 8.14. The van der Waals surface area contributed by atoms with Crippen molar-refractivity contribution in [1.82, 2.24) is 5.32 Å². The summed E-state index contributed by atoms with van der Waals surface area (Å²) in [4.78, 5) is 1.32. The summed E-state index contributed by atoms with van der Waals surface area (Å²) in [6.07, 6.45) is 7.38. The first kappa shape index (κ1) is 13.8. The summed E-state index contributed by atoms with van der Waals surface area (Å²) in [5.41, 5.74) is 1.23. The van der Waals surface area contributed by atoms with Crippen molar-refractivity contribution in [2.45, 2.75) is 49.6 Å². The lowest BCUT2D eigenvalue weighted by molar-refractivity contribution is 0.371. The Hall–Kier alpha value is -0.670. The van der Waals surface area contributed by atoms with E-state index in [0.29, 0.717) is 12.1 Å². The largest absolute Gasteiger partial charge is 0.383 e. The van der Waals surface area contributed by atoms with Crippen LogP contribution in [-0.4, -0.2) is 24.9 Å². The zero-order chi connectivity index (χ0) is 12.8. The van der Waals surface area contributed by atoms with Gasteiger partial charge in [0, 0.05) is 22.7 Å². The molecule has 0 aromatic heterocycles. The molecule has 1 aromatic rings. The van der Waals surface area contributed by atoms with Crippen LogP contribution in [0.15, 0.2) is 29.2 Å². The van der Waals surface area contributed by atoms with Crippen molar-refractivity contribution in [1.29, 1.82) is 0 Å². The van der Waals surface area contributed by atoms with Crippen LogP contribution >= 0.6 is 11.8 Å². The van der Waals surface area contributed by atoms with E-state index in [4.69, 9.17) is 0 Å². The molecule has 18 heavy (non-hydrogen) atoms. The molecule has 2 rings (SSSR count). The van der Waals surface area contributed by atoms with Gasteiger partial charge in [-0.1, -0.05) is 6.42 Å². The standard InChI is InChI=1S/C15H24N2S/c1-12(11-14-5-3-4-10-16-14)17-13-6-8-15(18-2)9-7-13/h6-9,12,14,16-17H,3-5,10-11H2,1-2H3. The molecule has 0 spiro atoms. The van der Waals surface area contributed by atoms with E-state index >= 15 is 0 Å². The fraction of sp³-hybridized carbons (Fsp3) is 0.600. The zero-order valence-electron chi connectivity index (χ0n) is 11.4. The summed E-state index contributed by atoms with van der Waals surface area (Å²) in [6, 6.07) is 9.94. The van der Waals surface area contributed by atoms with E-state index in [9.17, 15) is 0 Å². The minimum atomic E-state index is 0.528. The number of nitrogens with one attached hydrogen (secondary N) is 2. The van der Waals surface area contributed by atoms with Gasteiger partial charge in [0.25, 0.3) is 0 Å². The SMILES string of the molecule is CSc1ccc(NC(C)CC2CCCCN2)cc1. The number of benzene rings is 1. The number of thioether (sulfide) groups is 1. The fourth-order valence-corrected chi connectivity index (χ4v) is 2.99. The van der Waals surface area contributed by atoms with E-state index in [0.717, 1.165) is 0 Å². The van der Waals surface area contributed by atoms with Crippen molar-refractivity contribution in [2.75, 3.05) is 18.1 Å². The minimum Gasteiger partial charge on any atom is -0.383 e. The molecule has 1 aromatic carbocycles. The zero-order valence-corrected chi connectivity index (χ0v) is 12.2. The van der Waals surface area contributed by atoms with E-state index < -0.39 is 0 Å². The van der Waals surface area contributed by atoms with Crippen LogP contribution in [0.25, 0.3) is 0 Å². The van der Waals surface area contributed by atoms with Gasteiger partial charge in [-0.15, -0.1) is 11.8 Å². The van der Waals surface area contributed by atoms with Crippen molar-refractivity contribution in [3.8, 4) is 0 Å². The molecule has 100 valence electrons. The van der Waals surface area contributed by atoms with Gasteiger partial charge in [-0.25, -0.2) is 0 Å². The molecule has 2 unspecified atom stereocenters. The van der Waals surface area contributed by atoms with Crippen LogP contribution in [0.2, 0.25) is 0 Å². The Bertz CT molecular complexity index is 344. The molecular formula is C15H24N2S. The van der Waals surface area contributed by atoms with Crippen LogP contribution in [0.4, 0.5) is 5.69 Å². The van der Waals surface area contributed by atoms with Gasteiger partial charge in [0.15, 0.2) is 0 Å². The Kier molecular flexibility index (Phi) is 5.39. The Morgan fingerprint density at radius 2 is 2.11 bits per heavy atom. The monoisotopic (exact) mass is 264 g/mol. The number of hydrogen-bond donors (Lipinski definition) is 2. The number of hydrogen-bond acceptors (Lipinski definition) is 3. The third-order valence-electron chi connectivity index (χ3n) is 3.55. The molecule has 0 radical (unpaired) electrons. The molecule has 1 aliphatic heterocycles. The molecule has 1 fully saturated rings. The summed E-state index contributed by atoms with van der Waals surface area (Å²) < 4.78 is 0. The topological polar surface area (TPSA) is 24.1 Å². The number of anilines is 1. The lowest BCUT2D eigenvalue weighted by Crippen LogP contribution is -2.37. The third-order valence-corrected chi connectivity index (χ3v) is 4.30. The highest BCUT2D eigenvalue weighted by Crippen LogP contribution is 2.19. The van der Waals surface area contributed by atoms with E-state index in [1.165, 1.54) is 42.8 Å². The van der Waals surface area contributed by atoms with Gasteiger partial charge in [0.1, 0.15) is 0 Å². The Morgan fingerprint density at radius 3 is 2.72 bits per heavy atom. The quantitative estimate of drug-likeness (QED) is 0.792. The molecule has 0 amide bonds. The van der Waals surface area contributed by atoms with Gasteiger partial charge in [-0.3, -0.25) is 0 Å². The van der Waals surface area contributed by atoms with Gasteiger partial charge in [0.2, 0.25) is 0 Å². The molecule has 0 saturated carbocycles. The maximum absolute atomic E-state index is 3.61. The molecular weight excluding hydrogens is 240 g/mol.